The zero-order valence-corrected chi connectivity index (χ0v) is 17.7. The van der Waals surface area contributed by atoms with E-state index in [1.165, 1.54) is 11.3 Å². The normalized spacial score (nSPS) is 13.4. The van der Waals surface area contributed by atoms with Crippen molar-refractivity contribution in [3.05, 3.63) is 58.4 Å². The van der Waals surface area contributed by atoms with Crippen molar-refractivity contribution in [3.8, 4) is 5.69 Å². The second-order valence-corrected chi connectivity index (χ2v) is 8.02. The third kappa shape index (κ3) is 4.43. The third-order valence-corrected chi connectivity index (χ3v) is 5.86. The van der Waals surface area contributed by atoms with E-state index in [9.17, 15) is 9.59 Å². The van der Waals surface area contributed by atoms with Gasteiger partial charge in [0.2, 0.25) is 0 Å². The van der Waals surface area contributed by atoms with E-state index in [0.717, 1.165) is 49.0 Å². The maximum atomic E-state index is 13.1. The van der Waals surface area contributed by atoms with Gasteiger partial charge < -0.3 is 4.74 Å². The Hall–Kier alpha value is -3.00. The molecule has 4 rings (SSSR count). The number of carbonyl (C=O) groups is 2. The van der Waals surface area contributed by atoms with Gasteiger partial charge in [-0.15, -0.1) is 11.3 Å². The van der Waals surface area contributed by atoms with Gasteiger partial charge in [0.15, 0.2) is 10.8 Å². The summed E-state index contributed by atoms with van der Waals surface area (Å²) in [6.45, 7) is 2.10. The lowest BCUT2D eigenvalue weighted by Crippen LogP contribution is -2.15. The lowest BCUT2D eigenvalue weighted by molar-refractivity contribution is -0.142. The molecule has 0 saturated carbocycles. The fraction of sp³-hybridized carbons (Fsp3) is 0.364. The fourth-order valence-corrected chi connectivity index (χ4v) is 4.41. The third-order valence-electron chi connectivity index (χ3n) is 5.05. The summed E-state index contributed by atoms with van der Waals surface area (Å²) >= 11 is 1.29. The van der Waals surface area contributed by atoms with Crippen LogP contribution in [0.3, 0.4) is 0 Å². The molecule has 0 unspecified atom stereocenters. The van der Waals surface area contributed by atoms with Gasteiger partial charge in [-0.3, -0.25) is 14.9 Å². The number of hydrogen-bond donors (Lipinski definition) is 1. The van der Waals surface area contributed by atoms with Crippen molar-refractivity contribution in [2.75, 3.05) is 11.9 Å². The van der Waals surface area contributed by atoms with E-state index in [4.69, 9.17) is 4.74 Å². The maximum Gasteiger partial charge on any atom is 0.311 e. The molecule has 0 aliphatic heterocycles. The molecule has 0 atom stereocenters. The summed E-state index contributed by atoms with van der Waals surface area (Å²) in [6, 6.07) is 9.92. The van der Waals surface area contributed by atoms with E-state index in [-0.39, 0.29) is 18.3 Å². The predicted octanol–water partition coefficient (Wildman–Crippen LogP) is 3.96. The molecular weight excluding hydrogens is 400 g/mol. The quantitative estimate of drug-likeness (QED) is 0.478. The van der Waals surface area contributed by atoms with Gasteiger partial charge in [-0.05, 0) is 44.7 Å². The Balaban J connectivity index is 1.58. The average Bonchev–Trinajstić information content (AvgIpc) is 3.25. The molecule has 1 aliphatic rings. The minimum Gasteiger partial charge on any atom is -0.466 e. The van der Waals surface area contributed by atoms with Crippen LogP contribution in [0.1, 0.15) is 53.6 Å². The van der Waals surface area contributed by atoms with Crippen molar-refractivity contribution < 1.29 is 14.3 Å². The molecule has 1 aliphatic carbocycles. The Bertz CT molecular complexity index is 1040. The molecule has 0 saturated heterocycles. The van der Waals surface area contributed by atoms with Crippen LogP contribution in [-0.4, -0.2) is 33.2 Å². The number of ether oxygens (including phenoxy) is 1. The SMILES string of the molecule is CCOC(=O)Cc1csc(NC(=O)c2nn(-c3ccccc3)c3c2CCCCC3)n1. The van der Waals surface area contributed by atoms with Crippen LogP contribution in [0, 0.1) is 0 Å². The van der Waals surface area contributed by atoms with E-state index < -0.39 is 0 Å². The summed E-state index contributed by atoms with van der Waals surface area (Å²) in [5.41, 5.74) is 4.14. The number of nitrogens with zero attached hydrogens (tertiary/aromatic N) is 3. The van der Waals surface area contributed by atoms with Crippen molar-refractivity contribution in [2.45, 2.75) is 45.4 Å². The Kier molecular flexibility index (Phi) is 6.23. The number of carbonyl (C=O) groups excluding carboxylic acids is 2. The van der Waals surface area contributed by atoms with Crippen LogP contribution in [0.2, 0.25) is 0 Å². The van der Waals surface area contributed by atoms with Crippen LogP contribution in [0.5, 0.6) is 0 Å². The molecule has 2 heterocycles. The minimum atomic E-state index is -0.326. The van der Waals surface area contributed by atoms with E-state index in [2.05, 4.69) is 15.4 Å². The fourth-order valence-electron chi connectivity index (χ4n) is 3.70. The molecule has 3 aromatic rings. The highest BCUT2D eigenvalue weighted by atomic mass is 32.1. The zero-order chi connectivity index (χ0) is 20.9. The highest BCUT2D eigenvalue weighted by molar-refractivity contribution is 7.14. The summed E-state index contributed by atoms with van der Waals surface area (Å²) in [5, 5.41) is 9.76. The van der Waals surface area contributed by atoms with Gasteiger partial charge >= 0.3 is 5.97 Å². The second-order valence-electron chi connectivity index (χ2n) is 7.16. The first kappa shape index (κ1) is 20.3. The smallest absolute Gasteiger partial charge is 0.311 e. The van der Waals surface area contributed by atoms with Crippen LogP contribution >= 0.6 is 11.3 Å². The largest absolute Gasteiger partial charge is 0.466 e. The Morgan fingerprint density at radius 1 is 1.17 bits per heavy atom. The Labute approximate surface area is 179 Å². The molecule has 1 amide bonds. The summed E-state index contributed by atoms with van der Waals surface area (Å²) in [5.74, 6) is -0.590. The zero-order valence-electron chi connectivity index (χ0n) is 16.9. The Morgan fingerprint density at radius 3 is 2.77 bits per heavy atom. The number of hydrogen-bond acceptors (Lipinski definition) is 6. The standard InChI is InChI=1S/C22H24N4O3S/c1-2-29-19(27)13-15-14-30-22(23-15)24-21(28)20-17-11-7-4-8-12-18(17)26(25-20)16-9-5-3-6-10-16/h3,5-6,9-10,14H,2,4,7-8,11-13H2,1H3,(H,23,24,28). The number of benzene rings is 1. The van der Waals surface area contributed by atoms with Crippen LogP contribution in [0.25, 0.3) is 5.69 Å². The van der Waals surface area contributed by atoms with Crippen molar-refractivity contribution in [1.29, 1.82) is 0 Å². The monoisotopic (exact) mass is 424 g/mol. The summed E-state index contributed by atoms with van der Waals surface area (Å²) in [6.07, 6.45) is 5.14. The lowest BCUT2D eigenvalue weighted by Gasteiger charge is -2.06. The average molecular weight is 425 g/mol. The van der Waals surface area contributed by atoms with Crippen LogP contribution in [0.15, 0.2) is 35.7 Å². The Morgan fingerprint density at radius 2 is 1.97 bits per heavy atom. The topological polar surface area (TPSA) is 86.1 Å². The summed E-state index contributed by atoms with van der Waals surface area (Å²) in [4.78, 5) is 29.0. The van der Waals surface area contributed by atoms with E-state index >= 15 is 0 Å². The van der Waals surface area contributed by atoms with E-state index in [1.54, 1.807) is 12.3 Å². The van der Waals surface area contributed by atoms with E-state index in [1.807, 2.05) is 35.0 Å². The number of fused-ring (bicyclic) bond motifs is 1. The number of rotatable bonds is 6. The van der Waals surface area contributed by atoms with Gasteiger partial charge in [0.25, 0.3) is 5.91 Å². The van der Waals surface area contributed by atoms with Crippen LogP contribution < -0.4 is 5.32 Å². The van der Waals surface area contributed by atoms with Gasteiger partial charge in [0.1, 0.15) is 0 Å². The van der Waals surface area contributed by atoms with Gasteiger partial charge in [0, 0.05) is 16.6 Å². The molecule has 0 bridgehead atoms. The molecule has 2 aromatic heterocycles. The van der Waals surface area contributed by atoms with Crippen molar-refractivity contribution in [3.63, 3.8) is 0 Å². The number of aromatic nitrogens is 3. The first-order valence-electron chi connectivity index (χ1n) is 10.2. The number of nitrogens with one attached hydrogen (secondary N) is 1. The molecule has 1 N–H and O–H groups in total. The molecule has 0 fully saturated rings. The van der Waals surface area contributed by atoms with Gasteiger partial charge in [-0.2, -0.15) is 5.10 Å². The molecule has 1 aromatic carbocycles. The lowest BCUT2D eigenvalue weighted by atomic mass is 10.1. The first-order valence-corrected chi connectivity index (χ1v) is 11.1. The summed E-state index contributed by atoms with van der Waals surface area (Å²) in [7, 11) is 0. The molecule has 0 radical (unpaired) electrons. The van der Waals surface area contributed by atoms with Crippen LogP contribution in [0.4, 0.5) is 5.13 Å². The predicted molar refractivity (Wildman–Crippen MR) is 115 cm³/mol. The maximum absolute atomic E-state index is 13.1. The minimum absolute atomic E-state index is 0.0955. The number of thiazole rings is 1. The van der Waals surface area contributed by atoms with Crippen molar-refractivity contribution in [2.24, 2.45) is 0 Å². The number of amides is 1. The van der Waals surface area contributed by atoms with Crippen molar-refractivity contribution >= 4 is 28.3 Å². The van der Waals surface area contributed by atoms with Gasteiger partial charge in [0.05, 0.1) is 24.4 Å². The molecule has 30 heavy (non-hydrogen) atoms. The highest BCUT2D eigenvalue weighted by Gasteiger charge is 2.25. The van der Waals surface area contributed by atoms with E-state index in [0.29, 0.717) is 23.1 Å². The molecule has 156 valence electrons. The number of para-hydroxylation sites is 1. The molecule has 7 nitrogen and oxygen atoms in total. The molecule has 8 heteroatoms. The number of anilines is 1. The summed E-state index contributed by atoms with van der Waals surface area (Å²) < 4.78 is 6.86. The second kappa shape index (κ2) is 9.21. The molecule has 0 spiro atoms. The highest BCUT2D eigenvalue weighted by Crippen LogP contribution is 2.27. The number of esters is 1. The molecular formula is C22H24N4O3S. The van der Waals surface area contributed by atoms with Crippen LogP contribution in [-0.2, 0) is 28.8 Å². The first-order chi connectivity index (χ1) is 14.7. The van der Waals surface area contributed by atoms with Gasteiger partial charge in [-0.1, -0.05) is 24.6 Å². The van der Waals surface area contributed by atoms with Crippen molar-refractivity contribution in [1.82, 2.24) is 14.8 Å². The van der Waals surface area contributed by atoms with Gasteiger partial charge in [-0.25, -0.2) is 9.67 Å².